The predicted octanol–water partition coefficient (Wildman–Crippen LogP) is 3.25. The van der Waals surface area contributed by atoms with Crippen molar-refractivity contribution >= 4 is 23.4 Å². The maximum atomic E-state index is 12.9. The lowest BCUT2D eigenvalue weighted by Gasteiger charge is -2.41. The number of hydrogen-bond donors (Lipinski definition) is 1. The number of piperidine rings is 1. The van der Waals surface area contributed by atoms with Gasteiger partial charge in [0, 0.05) is 35.5 Å². The van der Waals surface area contributed by atoms with E-state index in [4.69, 9.17) is 31.5 Å². The monoisotopic (exact) mass is 430 g/mol. The van der Waals surface area contributed by atoms with E-state index in [0.717, 1.165) is 0 Å². The van der Waals surface area contributed by atoms with E-state index in [9.17, 15) is 9.59 Å². The lowest BCUT2D eigenvalue weighted by molar-refractivity contribution is -0.121. The lowest BCUT2D eigenvalue weighted by atomic mass is 9.76. The molecule has 0 bridgehead atoms. The Balaban J connectivity index is 1.41. The van der Waals surface area contributed by atoms with Crippen molar-refractivity contribution in [3.05, 3.63) is 53.1 Å². The van der Waals surface area contributed by atoms with Gasteiger partial charge in [-0.1, -0.05) is 11.6 Å². The molecule has 2 aromatic carbocycles. The summed E-state index contributed by atoms with van der Waals surface area (Å²) in [7, 11) is 0. The molecular weight excluding hydrogens is 408 g/mol. The number of benzene rings is 2. The normalized spacial score (nSPS) is 16.9. The Morgan fingerprint density at radius 3 is 2.47 bits per heavy atom. The lowest BCUT2D eigenvalue weighted by Crippen LogP contribution is -2.47. The molecule has 0 atom stereocenters. The highest BCUT2D eigenvalue weighted by Crippen LogP contribution is 2.37. The topological polar surface area (TPSA) is 91.1 Å². The van der Waals surface area contributed by atoms with Gasteiger partial charge in [-0.3, -0.25) is 9.59 Å². The number of carbonyl (C=O) groups excluding carboxylic acids is 2. The summed E-state index contributed by atoms with van der Waals surface area (Å²) < 4.78 is 16.6. The molecule has 4 rings (SSSR count). The van der Waals surface area contributed by atoms with Crippen LogP contribution in [0.3, 0.4) is 0 Å². The van der Waals surface area contributed by atoms with Gasteiger partial charge in [0.25, 0.3) is 5.91 Å². The van der Waals surface area contributed by atoms with Crippen LogP contribution in [0.25, 0.3) is 0 Å². The number of nitrogens with zero attached hydrogens (tertiary/aromatic N) is 1. The minimum absolute atomic E-state index is 0.0698. The first-order valence-corrected chi connectivity index (χ1v) is 10.2. The summed E-state index contributed by atoms with van der Waals surface area (Å²) in [6.07, 6.45) is 1.46. The molecule has 2 aromatic rings. The first-order valence-electron chi connectivity index (χ1n) is 9.80. The van der Waals surface area contributed by atoms with Crippen molar-refractivity contribution in [3.63, 3.8) is 0 Å². The molecule has 158 valence electrons. The summed E-state index contributed by atoms with van der Waals surface area (Å²) in [5, 5.41) is 0.629. The number of carbonyl (C=O) groups is 2. The summed E-state index contributed by atoms with van der Waals surface area (Å²) in [5.41, 5.74) is 5.67. The van der Waals surface area contributed by atoms with Crippen molar-refractivity contribution in [1.82, 2.24) is 4.90 Å². The average molecular weight is 431 g/mol. The molecule has 2 aliphatic rings. The Morgan fingerprint density at radius 1 is 1.07 bits per heavy atom. The largest absolute Gasteiger partial charge is 0.493 e. The molecule has 7 nitrogen and oxygen atoms in total. The highest BCUT2D eigenvalue weighted by Gasteiger charge is 2.38. The molecule has 0 aliphatic carbocycles. The first kappa shape index (κ1) is 20.3. The maximum absolute atomic E-state index is 12.9. The summed E-state index contributed by atoms with van der Waals surface area (Å²) in [5.74, 6) is 1.47. The number of amides is 2. The Kier molecular flexibility index (Phi) is 5.72. The zero-order valence-corrected chi connectivity index (χ0v) is 17.2. The van der Waals surface area contributed by atoms with E-state index in [1.54, 1.807) is 47.4 Å². The Morgan fingerprint density at radius 2 is 1.77 bits per heavy atom. The van der Waals surface area contributed by atoms with Gasteiger partial charge in [-0.2, -0.15) is 0 Å². The highest BCUT2D eigenvalue weighted by atomic mass is 35.5. The van der Waals surface area contributed by atoms with E-state index in [0.29, 0.717) is 60.4 Å². The molecule has 0 radical (unpaired) electrons. The SMILES string of the molecule is NC(=O)CC1(COc2ccc(Cl)cc2)CCN(C(=O)c2ccc3c(c2)OCO3)CC1. The summed E-state index contributed by atoms with van der Waals surface area (Å²) in [4.78, 5) is 26.4. The smallest absolute Gasteiger partial charge is 0.253 e. The third-order valence-electron chi connectivity index (χ3n) is 5.64. The second-order valence-electron chi connectivity index (χ2n) is 7.75. The standard InChI is InChI=1S/C22H23ClN2O5/c23-16-2-4-17(5-3-16)28-13-22(12-20(24)26)7-9-25(10-8-22)21(27)15-1-6-18-19(11-15)30-14-29-18/h1-6,11H,7-10,12-14H2,(H2,24,26). The maximum Gasteiger partial charge on any atom is 0.253 e. The first-order chi connectivity index (χ1) is 14.4. The van der Waals surface area contributed by atoms with E-state index >= 15 is 0 Å². The molecule has 0 saturated carbocycles. The molecule has 0 aromatic heterocycles. The molecule has 2 heterocycles. The molecular formula is C22H23ClN2O5. The third kappa shape index (κ3) is 4.46. The number of likely N-dealkylation sites (tertiary alicyclic amines) is 1. The molecule has 8 heteroatoms. The Labute approximate surface area is 179 Å². The van der Waals surface area contributed by atoms with Crippen LogP contribution in [0, 0.1) is 5.41 Å². The molecule has 2 N–H and O–H groups in total. The molecule has 30 heavy (non-hydrogen) atoms. The van der Waals surface area contributed by atoms with Crippen LogP contribution in [0.1, 0.15) is 29.6 Å². The second-order valence-corrected chi connectivity index (χ2v) is 8.18. The molecule has 2 amide bonds. The second kappa shape index (κ2) is 8.44. The molecule has 1 saturated heterocycles. The van der Waals surface area contributed by atoms with Gasteiger partial charge in [-0.25, -0.2) is 0 Å². The quantitative estimate of drug-likeness (QED) is 0.759. The van der Waals surface area contributed by atoms with Crippen LogP contribution >= 0.6 is 11.6 Å². The van der Waals surface area contributed by atoms with E-state index in [1.165, 1.54) is 0 Å². The summed E-state index contributed by atoms with van der Waals surface area (Å²) >= 11 is 5.92. The number of primary amides is 1. The highest BCUT2D eigenvalue weighted by molar-refractivity contribution is 6.30. The zero-order chi connectivity index (χ0) is 21.1. The average Bonchev–Trinajstić information content (AvgIpc) is 3.21. The van der Waals surface area contributed by atoms with Gasteiger partial charge in [0.15, 0.2) is 11.5 Å². The fraction of sp³-hybridized carbons (Fsp3) is 0.364. The predicted molar refractivity (Wildman–Crippen MR) is 111 cm³/mol. The van der Waals surface area contributed by atoms with Crippen molar-refractivity contribution < 1.29 is 23.8 Å². The molecule has 1 fully saturated rings. The number of hydrogen-bond acceptors (Lipinski definition) is 5. The Hall–Kier alpha value is -2.93. The van der Waals surface area contributed by atoms with Crippen LogP contribution in [0.5, 0.6) is 17.2 Å². The van der Waals surface area contributed by atoms with E-state index in [-0.39, 0.29) is 25.0 Å². The number of fused-ring (bicyclic) bond motifs is 1. The molecule has 0 spiro atoms. The van der Waals surface area contributed by atoms with E-state index in [2.05, 4.69) is 0 Å². The summed E-state index contributed by atoms with van der Waals surface area (Å²) in [6, 6.07) is 12.3. The van der Waals surface area contributed by atoms with Gasteiger partial charge >= 0.3 is 0 Å². The van der Waals surface area contributed by atoms with E-state index < -0.39 is 5.41 Å². The van der Waals surface area contributed by atoms with Crippen molar-refractivity contribution in [2.24, 2.45) is 11.1 Å². The molecule has 0 unspecified atom stereocenters. The van der Waals surface area contributed by atoms with Crippen LogP contribution < -0.4 is 19.9 Å². The van der Waals surface area contributed by atoms with Crippen LogP contribution in [0.15, 0.2) is 42.5 Å². The van der Waals surface area contributed by atoms with Crippen LogP contribution in [-0.4, -0.2) is 43.2 Å². The third-order valence-corrected chi connectivity index (χ3v) is 5.89. The van der Waals surface area contributed by atoms with Crippen molar-refractivity contribution in [2.75, 3.05) is 26.5 Å². The van der Waals surface area contributed by atoms with Gasteiger partial charge in [-0.15, -0.1) is 0 Å². The minimum atomic E-state index is -0.406. The van der Waals surface area contributed by atoms with Crippen molar-refractivity contribution in [2.45, 2.75) is 19.3 Å². The Bertz CT molecular complexity index is 939. The van der Waals surface area contributed by atoms with Gasteiger partial charge < -0.3 is 24.8 Å². The van der Waals surface area contributed by atoms with Gasteiger partial charge in [0.05, 0.1) is 6.61 Å². The van der Waals surface area contributed by atoms with Crippen LogP contribution in [0.2, 0.25) is 5.02 Å². The number of halogens is 1. The molecule has 2 aliphatic heterocycles. The zero-order valence-electron chi connectivity index (χ0n) is 16.4. The van der Waals surface area contributed by atoms with Gasteiger partial charge in [0.1, 0.15) is 5.75 Å². The van der Waals surface area contributed by atoms with Gasteiger partial charge in [-0.05, 0) is 55.3 Å². The van der Waals surface area contributed by atoms with Gasteiger partial charge in [0.2, 0.25) is 12.7 Å². The number of rotatable bonds is 6. The van der Waals surface area contributed by atoms with Crippen LogP contribution in [-0.2, 0) is 4.79 Å². The van der Waals surface area contributed by atoms with Crippen molar-refractivity contribution in [1.29, 1.82) is 0 Å². The minimum Gasteiger partial charge on any atom is -0.493 e. The van der Waals surface area contributed by atoms with Crippen LogP contribution in [0.4, 0.5) is 0 Å². The number of ether oxygens (including phenoxy) is 3. The number of nitrogens with two attached hydrogens (primary N) is 1. The van der Waals surface area contributed by atoms with Crippen molar-refractivity contribution in [3.8, 4) is 17.2 Å². The van der Waals surface area contributed by atoms with E-state index in [1.807, 2.05) is 0 Å². The fourth-order valence-electron chi connectivity index (χ4n) is 3.91. The summed E-state index contributed by atoms with van der Waals surface area (Å²) in [6.45, 7) is 1.55. The fourth-order valence-corrected chi connectivity index (χ4v) is 4.03.